The number of hydrogen-bond acceptors (Lipinski definition) is 2. The Balaban J connectivity index is 1.50. The standard InChI is InChI=1S/C17H23FN2O/c18-16-6-2-1-4-14(16)11-20-9-3-5-15(12-20)19-17(21)10-13-7-8-13/h1-2,4,6,13,15H,3,5,7-12H2,(H,19,21)/t15-/m1/s1. The lowest BCUT2D eigenvalue weighted by Gasteiger charge is -2.33. The Hall–Kier alpha value is -1.42. The molecule has 0 radical (unpaired) electrons. The molecule has 1 atom stereocenters. The third-order valence-electron chi connectivity index (χ3n) is 4.39. The van der Waals surface area contributed by atoms with Crippen LogP contribution in [-0.2, 0) is 11.3 Å². The topological polar surface area (TPSA) is 32.3 Å². The zero-order chi connectivity index (χ0) is 14.7. The molecule has 1 amide bonds. The van der Waals surface area contributed by atoms with Crippen molar-refractivity contribution < 1.29 is 9.18 Å². The average molecular weight is 290 g/mol. The number of likely N-dealkylation sites (tertiary alicyclic amines) is 1. The molecule has 114 valence electrons. The molecule has 21 heavy (non-hydrogen) atoms. The predicted octanol–water partition coefficient (Wildman–Crippen LogP) is 2.71. The molecule has 0 unspecified atom stereocenters. The van der Waals surface area contributed by atoms with Crippen molar-refractivity contribution in [3.05, 3.63) is 35.6 Å². The molecule has 1 aromatic rings. The van der Waals surface area contributed by atoms with Crippen LogP contribution >= 0.6 is 0 Å². The van der Waals surface area contributed by atoms with Gasteiger partial charge in [-0.25, -0.2) is 4.39 Å². The smallest absolute Gasteiger partial charge is 0.220 e. The first-order valence-electron chi connectivity index (χ1n) is 7.96. The molecule has 2 aliphatic rings. The van der Waals surface area contributed by atoms with Crippen molar-refractivity contribution in [3.63, 3.8) is 0 Å². The van der Waals surface area contributed by atoms with E-state index in [4.69, 9.17) is 0 Å². The summed E-state index contributed by atoms with van der Waals surface area (Å²) in [6.07, 6.45) is 5.19. The van der Waals surface area contributed by atoms with E-state index in [-0.39, 0.29) is 17.8 Å². The van der Waals surface area contributed by atoms with Crippen molar-refractivity contribution >= 4 is 5.91 Å². The van der Waals surface area contributed by atoms with E-state index in [9.17, 15) is 9.18 Å². The molecule has 3 rings (SSSR count). The molecule has 4 heteroatoms. The minimum Gasteiger partial charge on any atom is -0.352 e. The fraction of sp³-hybridized carbons (Fsp3) is 0.588. The van der Waals surface area contributed by atoms with Crippen molar-refractivity contribution in [1.29, 1.82) is 0 Å². The van der Waals surface area contributed by atoms with Crippen molar-refractivity contribution in [2.75, 3.05) is 13.1 Å². The van der Waals surface area contributed by atoms with Gasteiger partial charge in [0.1, 0.15) is 5.82 Å². The summed E-state index contributed by atoms with van der Waals surface area (Å²) in [5.41, 5.74) is 0.738. The molecular weight excluding hydrogens is 267 g/mol. The zero-order valence-electron chi connectivity index (χ0n) is 12.4. The maximum Gasteiger partial charge on any atom is 0.220 e. The fourth-order valence-electron chi connectivity index (χ4n) is 3.06. The van der Waals surface area contributed by atoms with Crippen molar-refractivity contribution in [2.45, 2.75) is 44.7 Å². The second-order valence-electron chi connectivity index (χ2n) is 6.38. The van der Waals surface area contributed by atoms with Crippen LogP contribution in [0.25, 0.3) is 0 Å². The molecule has 3 nitrogen and oxygen atoms in total. The molecule has 1 aromatic carbocycles. The van der Waals surface area contributed by atoms with E-state index in [1.165, 1.54) is 18.9 Å². The number of amides is 1. The average Bonchev–Trinajstić information content (AvgIpc) is 3.25. The summed E-state index contributed by atoms with van der Waals surface area (Å²) in [4.78, 5) is 14.1. The minimum absolute atomic E-state index is 0.141. The van der Waals surface area contributed by atoms with Gasteiger partial charge in [0, 0.05) is 31.1 Å². The molecule has 1 N–H and O–H groups in total. The van der Waals surface area contributed by atoms with Gasteiger partial charge in [-0.1, -0.05) is 18.2 Å². The molecule has 1 aliphatic heterocycles. The Morgan fingerprint density at radius 3 is 2.86 bits per heavy atom. The lowest BCUT2D eigenvalue weighted by Crippen LogP contribution is -2.47. The highest BCUT2D eigenvalue weighted by Gasteiger charge is 2.27. The Morgan fingerprint density at radius 2 is 2.10 bits per heavy atom. The van der Waals surface area contributed by atoms with Gasteiger partial charge in [-0.2, -0.15) is 0 Å². The number of rotatable bonds is 5. The highest BCUT2D eigenvalue weighted by molar-refractivity contribution is 5.76. The fourth-order valence-corrected chi connectivity index (χ4v) is 3.06. The van der Waals surface area contributed by atoms with Gasteiger partial charge in [-0.15, -0.1) is 0 Å². The zero-order valence-corrected chi connectivity index (χ0v) is 12.4. The molecule has 1 heterocycles. The molecule has 1 aliphatic carbocycles. The van der Waals surface area contributed by atoms with Crippen molar-refractivity contribution in [1.82, 2.24) is 10.2 Å². The normalized spacial score (nSPS) is 23.0. The highest BCUT2D eigenvalue weighted by Crippen LogP contribution is 2.32. The van der Waals surface area contributed by atoms with Gasteiger partial charge in [-0.3, -0.25) is 9.69 Å². The first-order valence-corrected chi connectivity index (χ1v) is 7.96. The SMILES string of the molecule is O=C(CC1CC1)N[C@@H]1CCCN(Cc2ccccc2F)C1. The number of piperidine rings is 1. The van der Waals surface area contributed by atoms with E-state index < -0.39 is 0 Å². The number of carbonyl (C=O) groups excluding carboxylic acids is 1. The van der Waals surface area contributed by atoms with Crippen LogP contribution in [0.3, 0.4) is 0 Å². The highest BCUT2D eigenvalue weighted by atomic mass is 19.1. The summed E-state index contributed by atoms with van der Waals surface area (Å²) in [6, 6.07) is 7.16. The number of halogens is 1. The monoisotopic (exact) mass is 290 g/mol. The van der Waals surface area contributed by atoms with Gasteiger partial charge in [0.2, 0.25) is 5.91 Å². The number of benzene rings is 1. The van der Waals surface area contributed by atoms with Gasteiger partial charge >= 0.3 is 0 Å². The van der Waals surface area contributed by atoms with E-state index in [0.717, 1.165) is 31.5 Å². The number of carbonyl (C=O) groups is 1. The summed E-state index contributed by atoms with van der Waals surface area (Å²) in [5.74, 6) is 0.677. The summed E-state index contributed by atoms with van der Waals surface area (Å²) in [7, 11) is 0. The maximum absolute atomic E-state index is 13.7. The largest absolute Gasteiger partial charge is 0.352 e. The van der Waals surface area contributed by atoms with Crippen molar-refractivity contribution in [2.24, 2.45) is 5.92 Å². The predicted molar refractivity (Wildman–Crippen MR) is 80.2 cm³/mol. The molecular formula is C17H23FN2O. The van der Waals surface area contributed by atoms with Crippen LogP contribution in [0.4, 0.5) is 4.39 Å². The number of hydrogen-bond donors (Lipinski definition) is 1. The second kappa shape index (κ2) is 6.56. The molecule has 0 bridgehead atoms. The summed E-state index contributed by atoms with van der Waals surface area (Å²) >= 11 is 0. The summed E-state index contributed by atoms with van der Waals surface area (Å²) in [6.45, 7) is 2.43. The van der Waals surface area contributed by atoms with Crippen molar-refractivity contribution in [3.8, 4) is 0 Å². The summed E-state index contributed by atoms with van der Waals surface area (Å²) in [5, 5.41) is 3.15. The van der Waals surface area contributed by atoms with E-state index in [2.05, 4.69) is 10.2 Å². The molecule has 1 saturated carbocycles. The van der Waals surface area contributed by atoms with E-state index >= 15 is 0 Å². The Kier molecular flexibility index (Phi) is 4.54. The van der Waals surface area contributed by atoms with Gasteiger partial charge < -0.3 is 5.32 Å². The van der Waals surface area contributed by atoms with Crippen LogP contribution in [0.15, 0.2) is 24.3 Å². The molecule has 2 fully saturated rings. The third kappa shape index (κ3) is 4.27. The number of nitrogens with zero attached hydrogens (tertiary/aromatic N) is 1. The van der Waals surface area contributed by atoms with Gasteiger partial charge in [0.25, 0.3) is 0 Å². The first-order chi connectivity index (χ1) is 10.2. The first kappa shape index (κ1) is 14.5. The molecule has 0 spiro atoms. The molecule has 1 saturated heterocycles. The Labute approximate surface area is 125 Å². The van der Waals surface area contributed by atoms with Crippen LogP contribution in [0.2, 0.25) is 0 Å². The quantitative estimate of drug-likeness (QED) is 0.904. The van der Waals surface area contributed by atoms with Crippen LogP contribution in [0.5, 0.6) is 0 Å². The summed E-state index contributed by atoms with van der Waals surface area (Å²) < 4.78 is 13.7. The lowest BCUT2D eigenvalue weighted by atomic mass is 10.0. The van der Waals surface area contributed by atoms with Crippen LogP contribution < -0.4 is 5.32 Å². The van der Waals surface area contributed by atoms with Gasteiger partial charge in [0.15, 0.2) is 0 Å². The van der Waals surface area contributed by atoms with Crippen LogP contribution in [-0.4, -0.2) is 29.9 Å². The second-order valence-corrected chi connectivity index (χ2v) is 6.38. The lowest BCUT2D eigenvalue weighted by molar-refractivity contribution is -0.122. The Bertz CT molecular complexity index is 501. The number of nitrogens with one attached hydrogen (secondary N) is 1. The third-order valence-corrected chi connectivity index (χ3v) is 4.39. The van der Waals surface area contributed by atoms with Gasteiger partial charge in [-0.05, 0) is 44.2 Å². The van der Waals surface area contributed by atoms with Crippen LogP contribution in [0, 0.1) is 11.7 Å². The van der Waals surface area contributed by atoms with E-state index in [0.29, 0.717) is 18.9 Å². The molecule has 0 aromatic heterocycles. The minimum atomic E-state index is -0.141. The van der Waals surface area contributed by atoms with E-state index in [1.54, 1.807) is 6.07 Å². The van der Waals surface area contributed by atoms with E-state index in [1.807, 2.05) is 12.1 Å². The van der Waals surface area contributed by atoms with Gasteiger partial charge in [0.05, 0.1) is 0 Å². The Morgan fingerprint density at radius 1 is 1.29 bits per heavy atom. The maximum atomic E-state index is 13.7. The van der Waals surface area contributed by atoms with Crippen LogP contribution in [0.1, 0.15) is 37.7 Å².